The lowest BCUT2D eigenvalue weighted by Crippen LogP contribution is -2.38. The first kappa shape index (κ1) is 19.0. The standard InChI is InChI=1S/C18H29N5O2/c1-7-14-13(16(9-3)25-22-14)10-19-18(24)20-15(8-2)17-11(4)21-23(6)12(17)5/h15H,7-10H2,1-6H3,(H2,19,20,24)/t15-/m1/s1. The number of aryl methyl sites for hydroxylation is 4. The van der Waals surface area contributed by atoms with Crippen LogP contribution >= 0.6 is 0 Å². The summed E-state index contributed by atoms with van der Waals surface area (Å²) >= 11 is 0. The van der Waals surface area contributed by atoms with E-state index >= 15 is 0 Å². The Morgan fingerprint density at radius 1 is 1.24 bits per heavy atom. The van der Waals surface area contributed by atoms with Crippen LogP contribution in [-0.4, -0.2) is 21.0 Å². The maximum absolute atomic E-state index is 12.4. The first-order valence-corrected chi connectivity index (χ1v) is 8.93. The highest BCUT2D eigenvalue weighted by atomic mass is 16.5. The van der Waals surface area contributed by atoms with Crippen LogP contribution in [0.5, 0.6) is 0 Å². The second-order valence-corrected chi connectivity index (χ2v) is 6.23. The van der Waals surface area contributed by atoms with Crippen LogP contribution in [0.15, 0.2) is 4.52 Å². The summed E-state index contributed by atoms with van der Waals surface area (Å²) in [6.07, 6.45) is 2.35. The van der Waals surface area contributed by atoms with E-state index in [4.69, 9.17) is 4.52 Å². The minimum absolute atomic E-state index is 0.0625. The zero-order valence-corrected chi connectivity index (χ0v) is 16.1. The van der Waals surface area contributed by atoms with Crippen molar-refractivity contribution in [1.82, 2.24) is 25.6 Å². The summed E-state index contributed by atoms with van der Waals surface area (Å²) in [6, 6.07) is -0.257. The molecule has 0 aliphatic rings. The Morgan fingerprint density at radius 2 is 1.96 bits per heavy atom. The van der Waals surface area contributed by atoms with Crippen LogP contribution < -0.4 is 10.6 Å². The van der Waals surface area contributed by atoms with Crippen LogP contribution in [0.1, 0.15) is 67.2 Å². The van der Waals surface area contributed by atoms with Gasteiger partial charge in [-0.2, -0.15) is 5.10 Å². The molecule has 0 aliphatic carbocycles. The molecule has 138 valence electrons. The van der Waals surface area contributed by atoms with Gasteiger partial charge in [-0.15, -0.1) is 0 Å². The topological polar surface area (TPSA) is 85.0 Å². The fourth-order valence-electron chi connectivity index (χ4n) is 3.19. The molecule has 2 aromatic heterocycles. The number of carbonyl (C=O) groups excluding carboxylic acids is 1. The number of carbonyl (C=O) groups is 1. The van der Waals surface area contributed by atoms with E-state index in [1.807, 2.05) is 39.4 Å². The zero-order chi connectivity index (χ0) is 18.6. The Kier molecular flexibility index (Phi) is 6.22. The lowest BCUT2D eigenvalue weighted by Gasteiger charge is -2.18. The van der Waals surface area contributed by atoms with Crippen LogP contribution in [0.25, 0.3) is 0 Å². The van der Waals surface area contributed by atoms with Gasteiger partial charge in [0.1, 0.15) is 5.76 Å². The summed E-state index contributed by atoms with van der Waals surface area (Å²) < 4.78 is 7.19. The second kappa shape index (κ2) is 8.18. The van der Waals surface area contributed by atoms with Gasteiger partial charge in [-0.05, 0) is 26.7 Å². The van der Waals surface area contributed by atoms with Crippen molar-refractivity contribution < 1.29 is 9.32 Å². The Balaban J connectivity index is 2.05. The molecule has 0 saturated carbocycles. The summed E-state index contributed by atoms with van der Waals surface area (Å²) in [4.78, 5) is 12.4. The van der Waals surface area contributed by atoms with E-state index in [-0.39, 0.29) is 12.1 Å². The van der Waals surface area contributed by atoms with Crippen LogP contribution in [0.3, 0.4) is 0 Å². The minimum atomic E-state index is -0.195. The molecule has 0 radical (unpaired) electrons. The number of urea groups is 1. The third-order valence-corrected chi connectivity index (χ3v) is 4.66. The number of hydrogen-bond donors (Lipinski definition) is 2. The van der Waals surface area contributed by atoms with Crippen LogP contribution in [0.2, 0.25) is 0 Å². The van der Waals surface area contributed by atoms with Crippen LogP contribution in [0, 0.1) is 13.8 Å². The average Bonchev–Trinajstić information content (AvgIpc) is 3.11. The van der Waals surface area contributed by atoms with E-state index < -0.39 is 0 Å². The third kappa shape index (κ3) is 4.03. The minimum Gasteiger partial charge on any atom is -0.361 e. The van der Waals surface area contributed by atoms with Gasteiger partial charge in [0, 0.05) is 36.8 Å². The molecule has 2 amide bonds. The van der Waals surface area contributed by atoms with Crippen molar-refractivity contribution in [2.45, 2.75) is 66.5 Å². The molecule has 0 unspecified atom stereocenters. The fraction of sp³-hybridized carbons (Fsp3) is 0.611. The normalized spacial score (nSPS) is 12.2. The van der Waals surface area contributed by atoms with Gasteiger partial charge in [0.05, 0.1) is 17.4 Å². The predicted molar refractivity (Wildman–Crippen MR) is 96.3 cm³/mol. The van der Waals surface area contributed by atoms with E-state index in [9.17, 15) is 4.79 Å². The second-order valence-electron chi connectivity index (χ2n) is 6.23. The highest BCUT2D eigenvalue weighted by molar-refractivity contribution is 5.74. The Bertz CT molecular complexity index is 711. The van der Waals surface area contributed by atoms with Gasteiger partial charge in [0.2, 0.25) is 0 Å². The largest absolute Gasteiger partial charge is 0.361 e. The zero-order valence-electron chi connectivity index (χ0n) is 16.1. The van der Waals surface area contributed by atoms with Crippen molar-refractivity contribution >= 4 is 6.03 Å². The van der Waals surface area contributed by atoms with E-state index in [0.717, 1.165) is 53.2 Å². The molecule has 7 nitrogen and oxygen atoms in total. The summed E-state index contributed by atoms with van der Waals surface area (Å²) in [7, 11) is 1.92. The predicted octanol–water partition coefficient (Wildman–Crippen LogP) is 3.10. The van der Waals surface area contributed by atoms with Crippen LogP contribution in [-0.2, 0) is 26.4 Å². The van der Waals surface area contributed by atoms with Crippen molar-refractivity contribution in [1.29, 1.82) is 0 Å². The number of rotatable bonds is 7. The molecule has 25 heavy (non-hydrogen) atoms. The molecule has 0 fully saturated rings. The SMILES string of the molecule is CCc1noc(CC)c1CNC(=O)N[C@H](CC)c1c(C)nn(C)c1C. The van der Waals surface area contributed by atoms with E-state index in [0.29, 0.717) is 6.54 Å². The van der Waals surface area contributed by atoms with Gasteiger partial charge in [-0.1, -0.05) is 25.9 Å². The number of nitrogens with zero attached hydrogens (tertiary/aromatic N) is 3. The number of hydrogen-bond acceptors (Lipinski definition) is 4. The third-order valence-electron chi connectivity index (χ3n) is 4.66. The Labute approximate surface area is 149 Å². The quantitative estimate of drug-likeness (QED) is 0.806. The van der Waals surface area contributed by atoms with Crippen molar-refractivity contribution in [3.63, 3.8) is 0 Å². The average molecular weight is 347 g/mol. The summed E-state index contributed by atoms with van der Waals surface area (Å²) in [5.74, 6) is 0.836. The van der Waals surface area contributed by atoms with Crippen molar-refractivity contribution in [2.24, 2.45) is 7.05 Å². The monoisotopic (exact) mass is 347 g/mol. The molecule has 0 aliphatic heterocycles. The molecule has 0 saturated heterocycles. The van der Waals surface area contributed by atoms with Gasteiger partial charge in [-0.3, -0.25) is 4.68 Å². The van der Waals surface area contributed by atoms with E-state index in [2.05, 4.69) is 27.8 Å². The highest BCUT2D eigenvalue weighted by Crippen LogP contribution is 2.23. The van der Waals surface area contributed by atoms with Gasteiger partial charge in [0.25, 0.3) is 0 Å². The molecule has 2 rings (SSSR count). The first-order valence-electron chi connectivity index (χ1n) is 8.93. The van der Waals surface area contributed by atoms with Gasteiger partial charge in [-0.25, -0.2) is 4.79 Å². The Morgan fingerprint density at radius 3 is 2.48 bits per heavy atom. The van der Waals surface area contributed by atoms with E-state index in [1.165, 1.54) is 0 Å². The maximum atomic E-state index is 12.4. The molecule has 2 heterocycles. The summed E-state index contributed by atoms with van der Waals surface area (Å²) in [5, 5.41) is 14.5. The van der Waals surface area contributed by atoms with E-state index in [1.54, 1.807) is 0 Å². The molecule has 0 spiro atoms. The van der Waals surface area contributed by atoms with Crippen LogP contribution in [0.4, 0.5) is 4.79 Å². The lowest BCUT2D eigenvalue weighted by atomic mass is 10.0. The van der Waals surface area contributed by atoms with Crippen molar-refractivity contribution in [3.05, 3.63) is 34.0 Å². The Hall–Kier alpha value is -2.31. The van der Waals surface area contributed by atoms with Gasteiger partial charge < -0.3 is 15.2 Å². The highest BCUT2D eigenvalue weighted by Gasteiger charge is 2.21. The maximum Gasteiger partial charge on any atom is 0.315 e. The van der Waals surface area contributed by atoms with Crippen molar-refractivity contribution in [2.75, 3.05) is 0 Å². The molecular weight excluding hydrogens is 318 g/mol. The first-order chi connectivity index (χ1) is 11.9. The number of nitrogens with one attached hydrogen (secondary N) is 2. The summed E-state index contributed by atoms with van der Waals surface area (Å²) in [6.45, 7) is 10.5. The molecular formula is C18H29N5O2. The fourth-order valence-corrected chi connectivity index (χ4v) is 3.19. The van der Waals surface area contributed by atoms with Gasteiger partial charge in [0.15, 0.2) is 0 Å². The molecule has 2 N–H and O–H groups in total. The molecule has 0 aromatic carbocycles. The smallest absolute Gasteiger partial charge is 0.315 e. The molecule has 7 heteroatoms. The lowest BCUT2D eigenvalue weighted by molar-refractivity contribution is 0.236. The molecule has 2 aromatic rings. The number of aromatic nitrogens is 3. The summed E-state index contributed by atoms with van der Waals surface area (Å²) in [5.41, 5.74) is 5.01. The number of amides is 2. The molecule has 0 bridgehead atoms. The molecule has 1 atom stereocenters. The van der Waals surface area contributed by atoms with Gasteiger partial charge >= 0.3 is 6.03 Å². The van der Waals surface area contributed by atoms with Crippen molar-refractivity contribution in [3.8, 4) is 0 Å².